The van der Waals surface area contributed by atoms with Gasteiger partial charge in [-0.15, -0.1) is 5.10 Å². The molecule has 2 heterocycles. The van der Waals surface area contributed by atoms with Gasteiger partial charge in [-0.05, 0) is 31.9 Å². The van der Waals surface area contributed by atoms with Crippen LogP contribution in [0.25, 0.3) is 0 Å². The van der Waals surface area contributed by atoms with Gasteiger partial charge in [-0.25, -0.2) is 9.48 Å². The fraction of sp³-hybridized carbons (Fsp3) is 0.346. The van der Waals surface area contributed by atoms with Crippen LogP contribution >= 0.6 is 11.8 Å². The van der Waals surface area contributed by atoms with Gasteiger partial charge in [0.15, 0.2) is 0 Å². The molecule has 0 bridgehead atoms. The van der Waals surface area contributed by atoms with Crippen molar-refractivity contribution in [2.75, 3.05) is 17.7 Å². The van der Waals surface area contributed by atoms with E-state index < -0.39 is 12.0 Å². The van der Waals surface area contributed by atoms with Crippen molar-refractivity contribution in [1.82, 2.24) is 14.8 Å². The van der Waals surface area contributed by atoms with Gasteiger partial charge in [0.25, 0.3) is 0 Å². The Morgan fingerprint density at radius 2 is 1.88 bits per heavy atom. The zero-order valence-corrected chi connectivity index (χ0v) is 20.6. The lowest BCUT2D eigenvalue weighted by molar-refractivity contribution is -0.140. The summed E-state index contributed by atoms with van der Waals surface area (Å²) in [6.07, 6.45) is 2.20. The normalized spacial score (nSPS) is 15.0. The van der Waals surface area contributed by atoms with Gasteiger partial charge in [0.05, 0.1) is 12.2 Å². The third-order valence-corrected chi connectivity index (χ3v) is 6.43. The number of para-hydroxylation sites is 1. The molecular weight excluding hydrogens is 448 g/mol. The van der Waals surface area contributed by atoms with E-state index in [1.807, 2.05) is 68.4 Å². The van der Waals surface area contributed by atoms with E-state index in [1.54, 1.807) is 16.4 Å². The average molecular weight is 479 g/mol. The second-order valence-electron chi connectivity index (χ2n) is 7.96. The zero-order chi connectivity index (χ0) is 23.9. The number of benzene rings is 2. The molecule has 0 radical (unpaired) electrons. The van der Waals surface area contributed by atoms with E-state index in [9.17, 15) is 4.79 Å². The molecule has 0 spiro atoms. The molecule has 1 atom stereocenters. The summed E-state index contributed by atoms with van der Waals surface area (Å²) in [5.41, 5.74) is 2.96. The van der Waals surface area contributed by atoms with E-state index >= 15 is 0 Å². The Balaban J connectivity index is 1.71. The minimum Gasteiger partial charge on any atom is -0.494 e. The minimum atomic E-state index is -0.518. The zero-order valence-electron chi connectivity index (χ0n) is 19.8. The largest absolute Gasteiger partial charge is 0.494 e. The number of ether oxygens (including phenoxy) is 2. The van der Waals surface area contributed by atoms with E-state index in [2.05, 4.69) is 17.2 Å². The predicted molar refractivity (Wildman–Crippen MR) is 134 cm³/mol. The smallest absolute Gasteiger partial charge is 0.338 e. The van der Waals surface area contributed by atoms with Gasteiger partial charge in [-0.1, -0.05) is 73.6 Å². The topological polar surface area (TPSA) is 78.3 Å². The molecule has 0 saturated heterocycles. The first-order chi connectivity index (χ1) is 16.6. The summed E-state index contributed by atoms with van der Waals surface area (Å²) in [6.45, 7) is 6.69. The van der Waals surface area contributed by atoms with Crippen molar-refractivity contribution in [3.8, 4) is 5.75 Å². The Hall–Kier alpha value is -3.26. The van der Waals surface area contributed by atoms with Crippen LogP contribution < -0.4 is 10.1 Å². The number of allylic oxidation sites excluding steroid dienone is 1. The molecule has 0 amide bonds. The number of esters is 1. The highest BCUT2D eigenvalue weighted by Gasteiger charge is 2.36. The SMILES string of the molecule is CCCCSc1nc2n(n1)C(c1ccccc1OCC)C(C(=O)OCc1ccccc1)=C(C)N2. The molecule has 3 aromatic rings. The van der Waals surface area contributed by atoms with E-state index in [0.717, 1.165) is 29.7 Å². The molecule has 1 unspecified atom stereocenters. The third-order valence-electron chi connectivity index (χ3n) is 5.51. The second-order valence-corrected chi connectivity index (χ2v) is 9.03. The summed E-state index contributed by atoms with van der Waals surface area (Å²) < 4.78 is 13.4. The second kappa shape index (κ2) is 11.2. The summed E-state index contributed by atoms with van der Waals surface area (Å²) in [6, 6.07) is 16.9. The molecule has 1 aliphatic rings. The highest BCUT2D eigenvalue weighted by molar-refractivity contribution is 7.99. The molecule has 2 aromatic carbocycles. The van der Waals surface area contributed by atoms with Crippen LogP contribution in [-0.2, 0) is 16.1 Å². The number of anilines is 1. The number of nitrogens with zero attached hydrogens (tertiary/aromatic N) is 3. The molecular formula is C26H30N4O3S. The molecule has 34 heavy (non-hydrogen) atoms. The number of nitrogens with one attached hydrogen (secondary N) is 1. The molecule has 0 fully saturated rings. The maximum atomic E-state index is 13.4. The Morgan fingerprint density at radius 3 is 2.65 bits per heavy atom. The fourth-order valence-electron chi connectivity index (χ4n) is 3.85. The number of hydrogen-bond donors (Lipinski definition) is 1. The monoisotopic (exact) mass is 478 g/mol. The van der Waals surface area contributed by atoms with Crippen molar-refractivity contribution in [1.29, 1.82) is 0 Å². The van der Waals surface area contributed by atoms with Crippen molar-refractivity contribution in [3.63, 3.8) is 0 Å². The van der Waals surface area contributed by atoms with Crippen molar-refractivity contribution >= 4 is 23.7 Å². The Kier molecular flexibility index (Phi) is 7.90. The summed E-state index contributed by atoms with van der Waals surface area (Å²) in [5, 5.41) is 8.72. The molecule has 8 heteroatoms. The van der Waals surface area contributed by atoms with Crippen LogP contribution in [0, 0.1) is 0 Å². The number of aromatic nitrogens is 3. The van der Waals surface area contributed by atoms with Gasteiger partial charge in [-0.3, -0.25) is 0 Å². The van der Waals surface area contributed by atoms with Crippen molar-refractivity contribution < 1.29 is 14.3 Å². The van der Waals surface area contributed by atoms with E-state index in [1.165, 1.54) is 0 Å². The third kappa shape index (κ3) is 5.28. The van der Waals surface area contributed by atoms with Crippen LogP contribution in [0.1, 0.15) is 50.8 Å². The lowest BCUT2D eigenvalue weighted by Crippen LogP contribution is -2.30. The first kappa shape index (κ1) is 23.9. The Morgan fingerprint density at radius 1 is 1.12 bits per heavy atom. The van der Waals surface area contributed by atoms with Crippen LogP contribution in [0.3, 0.4) is 0 Å². The molecule has 4 rings (SSSR count). The molecule has 0 saturated carbocycles. The standard InChI is InChI=1S/C26H30N4O3S/c1-4-6-16-34-26-28-25-27-18(3)22(24(31)33-17-19-12-8-7-9-13-19)23(30(25)29-26)20-14-10-11-15-21(20)32-5-2/h7-15,23H,4-6,16-17H2,1-3H3,(H,27,28,29). The average Bonchev–Trinajstić information content (AvgIpc) is 3.25. The van der Waals surface area contributed by atoms with Gasteiger partial charge in [0, 0.05) is 17.0 Å². The van der Waals surface area contributed by atoms with E-state index in [0.29, 0.717) is 34.7 Å². The number of carbonyl (C=O) groups excluding carboxylic acids is 1. The highest BCUT2D eigenvalue weighted by Crippen LogP contribution is 2.40. The van der Waals surface area contributed by atoms with Gasteiger partial charge >= 0.3 is 5.97 Å². The molecule has 1 aromatic heterocycles. The van der Waals surface area contributed by atoms with Gasteiger partial charge in [-0.2, -0.15) is 4.98 Å². The predicted octanol–water partition coefficient (Wildman–Crippen LogP) is 5.60. The highest BCUT2D eigenvalue weighted by atomic mass is 32.2. The number of fused-ring (bicyclic) bond motifs is 1. The summed E-state index contributed by atoms with van der Waals surface area (Å²) >= 11 is 1.62. The number of carbonyl (C=O) groups is 1. The molecule has 178 valence electrons. The van der Waals surface area contributed by atoms with Crippen molar-refractivity contribution in [2.24, 2.45) is 0 Å². The van der Waals surface area contributed by atoms with Crippen LogP contribution in [0.15, 0.2) is 71.0 Å². The lowest BCUT2D eigenvalue weighted by Gasteiger charge is -2.29. The van der Waals surface area contributed by atoms with Gasteiger partial charge < -0.3 is 14.8 Å². The number of hydrogen-bond acceptors (Lipinski definition) is 7. The maximum Gasteiger partial charge on any atom is 0.338 e. The van der Waals surface area contributed by atoms with Gasteiger partial charge in [0.2, 0.25) is 11.1 Å². The van der Waals surface area contributed by atoms with Crippen molar-refractivity contribution in [2.45, 2.75) is 51.4 Å². The van der Waals surface area contributed by atoms with Crippen LogP contribution in [0.5, 0.6) is 5.75 Å². The molecule has 7 nitrogen and oxygen atoms in total. The van der Waals surface area contributed by atoms with Crippen molar-refractivity contribution in [3.05, 3.63) is 77.0 Å². The van der Waals surface area contributed by atoms with Crippen LogP contribution in [0.2, 0.25) is 0 Å². The first-order valence-electron chi connectivity index (χ1n) is 11.6. The van der Waals surface area contributed by atoms with E-state index in [-0.39, 0.29) is 6.61 Å². The Bertz CT molecular complexity index is 1160. The number of thioether (sulfide) groups is 1. The number of rotatable bonds is 10. The van der Waals surface area contributed by atoms with Crippen LogP contribution in [-0.4, -0.2) is 33.1 Å². The fourth-order valence-corrected chi connectivity index (χ4v) is 4.76. The van der Waals surface area contributed by atoms with E-state index in [4.69, 9.17) is 14.6 Å². The maximum absolute atomic E-state index is 13.4. The summed E-state index contributed by atoms with van der Waals surface area (Å²) in [5.74, 6) is 1.86. The summed E-state index contributed by atoms with van der Waals surface area (Å²) in [7, 11) is 0. The molecule has 1 aliphatic heterocycles. The molecule has 1 N–H and O–H groups in total. The lowest BCUT2D eigenvalue weighted by atomic mass is 9.95. The van der Waals surface area contributed by atoms with Gasteiger partial charge in [0.1, 0.15) is 18.4 Å². The number of unbranched alkanes of at least 4 members (excludes halogenated alkanes) is 1. The first-order valence-corrected chi connectivity index (χ1v) is 12.6. The quantitative estimate of drug-likeness (QED) is 0.231. The Labute approximate surface area is 204 Å². The van der Waals surface area contributed by atoms with Crippen LogP contribution in [0.4, 0.5) is 5.95 Å². The summed E-state index contributed by atoms with van der Waals surface area (Å²) in [4.78, 5) is 18.1. The minimum absolute atomic E-state index is 0.193. The molecule has 0 aliphatic carbocycles.